The summed E-state index contributed by atoms with van der Waals surface area (Å²) in [4.78, 5) is 11.2. The molecule has 0 saturated carbocycles. The molecule has 0 spiro atoms. The van der Waals surface area contributed by atoms with E-state index in [1.807, 2.05) is 0 Å². The highest BCUT2D eigenvalue weighted by atomic mass is 79.9. The van der Waals surface area contributed by atoms with E-state index in [1.54, 1.807) is 12.1 Å². The summed E-state index contributed by atoms with van der Waals surface area (Å²) in [6, 6.07) is 8.74. The second-order valence-corrected chi connectivity index (χ2v) is 5.05. The Kier molecular flexibility index (Phi) is 4.80. The molecule has 0 saturated heterocycles. The summed E-state index contributed by atoms with van der Waals surface area (Å²) in [5.74, 6) is -0.814. The second-order valence-electron chi connectivity index (χ2n) is 4.19. The molecule has 21 heavy (non-hydrogen) atoms. The van der Waals surface area contributed by atoms with E-state index in [0.29, 0.717) is 15.8 Å². The molecule has 0 aliphatic carbocycles. The van der Waals surface area contributed by atoms with Crippen molar-refractivity contribution in [2.24, 2.45) is 0 Å². The van der Waals surface area contributed by atoms with Gasteiger partial charge in [0.15, 0.2) is 0 Å². The zero-order valence-corrected chi connectivity index (χ0v) is 12.7. The maximum absolute atomic E-state index is 13.0. The number of methoxy groups -OCH3 is 1. The van der Waals surface area contributed by atoms with Gasteiger partial charge in [0.25, 0.3) is 0 Å². The molecule has 0 heterocycles. The van der Waals surface area contributed by atoms with E-state index in [4.69, 9.17) is 9.47 Å². The van der Waals surface area contributed by atoms with Crippen LogP contribution in [0.2, 0.25) is 0 Å². The van der Waals surface area contributed by atoms with Gasteiger partial charge in [0.2, 0.25) is 0 Å². The summed E-state index contributed by atoms with van der Waals surface area (Å²) in [6.07, 6.45) is 0. The van der Waals surface area contributed by atoms with Crippen LogP contribution in [0.25, 0.3) is 0 Å². The number of rotatable bonds is 5. The molecule has 6 heteroatoms. The molecule has 0 atom stereocenters. The van der Waals surface area contributed by atoms with Crippen LogP contribution in [0.15, 0.2) is 40.9 Å². The lowest BCUT2D eigenvalue weighted by Gasteiger charge is -2.11. The molecule has 0 aliphatic heterocycles. The molecule has 0 bridgehead atoms. The third-order valence-corrected chi connectivity index (χ3v) is 3.55. The van der Waals surface area contributed by atoms with Crippen molar-refractivity contribution in [3.63, 3.8) is 0 Å². The zero-order chi connectivity index (χ0) is 15.4. The van der Waals surface area contributed by atoms with E-state index in [9.17, 15) is 14.3 Å². The Morgan fingerprint density at radius 3 is 2.67 bits per heavy atom. The summed E-state index contributed by atoms with van der Waals surface area (Å²) in [5, 5.41) is 9.18. The number of carboxylic acids is 1. The predicted molar refractivity (Wildman–Crippen MR) is 78.4 cm³/mol. The fraction of sp³-hybridized carbons (Fsp3) is 0.133. The molecule has 2 aromatic rings. The quantitative estimate of drug-likeness (QED) is 0.885. The Morgan fingerprint density at radius 2 is 2.05 bits per heavy atom. The molecule has 0 amide bonds. The topological polar surface area (TPSA) is 55.8 Å². The molecule has 0 aliphatic rings. The smallest absolute Gasteiger partial charge is 0.339 e. The maximum Gasteiger partial charge on any atom is 0.339 e. The van der Waals surface area contributed by atoms with Crippen molar-refractivity contribution < 1.29 is 23.8 Å². The van der Waals surface area contributed by atoms with Crippen LogP contribution in [-0.2, 0) is 6.61 Å². The van der Waals surface area contributed by atoms with Gasteiger partial charge >= 0.3 is 5.97 Å². The Hall–Kier alpha value is -2.08. The molecule has 0 unspecified atom stereocenters. The van der Waals surface area contributed by atoms with Crippen molar-refractivity contribution in [3.05, 3.63) is 57.8 Å². The van der Waals surface area contributed by atoms with E-state index in [0.717, 1.165) is 0 Å². The van der Waals surface area contributed by atoms with Gasteiger partial charge in [-0.05, 0) is 30.3 Å². The van der Waals surface area contributed by atoms with Crippen molar-refractivity contribution in [1.29, 1.82) is 0 Å². The fourth-order valence-corrected chi connectivity index (χ4v) is 2.19. The van der Waals surface area contributed by atoms with E-state index in [2.05, 4.69) is 15.9 Å². The highest BCUT2D eigenvalue weighted by Gasteiger charge is 2.13. The normalized spacial score (nSPS) is 10.2. The Bertz CT molecular complexity index is 673. The van der Waals surface area contributed by atoms with Gasteiger partial charge in [0, 0.05) is 10.0 Å². The van der Waals surface area contributed by atoms with Crippen LogP contribution in [0.3, 0.4) is 0 Å². The van der Waals surface area contributed by atoms with Crippen LogP contribution in [0, 0.1) is 5.82 Å². The Morgan fingerprint density at radius 1 is 1.29 bits per heavy atom. The van der Waals surface area contributed by atoms with Gasteiger partial charge in [-0.3, -0.25) is 0 Å². The van der Waals surface area contributed by atoms with Crippen molar-refractivity contribution in [3.8, 4) is 11.5 Å². The number of aromatic carboxylic acids is 1. The first-order valence-corrected chi connectivity index (χ1v) is 6.78. The van der Waals surface area contributed by atoms with Gasteiger partial charge in [-0.2, -0.15) is 0 Å². The first-order chi connectivity index (χ1) is 10.0. The highest BCUT2D eigenvalue weighted by molar-refractivity contribution is 9.10. The summed E-state index contributed by atoms with van der Waals surface area (Å²) in [7, 11) is 1.46. The Labute approximate surface area is 129 Å². The molecule has 110 valence electrons. The number of halogens is 2. The lowest BCUT2D eigenvalue weighted by atomic mass is 10.2. The van der Waals surface area contributed by atoms with Gasteiger partial charge in [-0.25, -0.2) is 9.18 Å². The number of ether oxygens (including phenoxy) is 2. The lowest BCUT2D eigenvalue weighted by Crippen LogP contribution is -2.04. The van der Waals surface area contributed by atoms with Gasteiger partial charge in [-0.1, -0.05) is 22.0 Å². The number of hydrogen-bond donors (Lipinski definition) is 1. The third-order valence-electron chi connectivity index (χ3n) is 2.82. The molecular weight excluding hydrogens is 343 g/mol. The third kappa shape index (κ3) is 3.72. The van der Waals surface area contributed by atoms with Crippen LogP contribution in [0.4, 0.5) is 4.39 Å². The molecule has 1 N–H and O–H groups in total. The lowest BCUT2D eigenvalue weighted by molar-refractivity contribution is 0.0691. The highest BCUT2D eigenvalue weighted by Crippen LogP contribution is 2.26. The van der Waals surface area contributed by atoms with Gasteiger partial charge in [0.05, 0.1) is 7.11 Å². The number of carboxylic acid groups (broad SMARTS) is 1. The van der Waals surface area contributed by atoms with Crippen molar-refractivity contribution in [1.82, 2.24) is 0 Å². The van der Waals surface area contributed by atoms with E-state index in [-0.39, 0.29) is 23.7 Å². The van der Waals surface area contributed by atoms with Crippen molar-refractivity contribution >= 4 is 21.9 Å². The first-order valence-electron chi connectivity index (χ1n) is 5.99. The molecule has 2 aromatic carbocycles. The van der Waals surface area contributed by atoms with E-state index in [1.165, 1.54) is 31.4 Å². The van der Waals surface area contributed by atoms with Crippen LogP contribution in [0.5, 0.6) is 11.5 Å². The fourth-order valence-electron chi connectivity index (χ4n) is 1.72. The zero-order valence-electron chi connectivity index (χ0n) is 11.1. The maximum atomic E-state index is 13.0. The molecule has 2 rings (SSSR count). The molecule has 0 aromatic heterocycles. The summed E-state index contributed by atoms with van der Waals surface area (Å²) >= 11 is 3.23. The Balaban J connectivity index is 2.21. The molecule has 0 radical (unpaired) electrons. The summed E-state index contributed by atoms with van der Waals surface area (Å²) in [6.45, 7) is 0.119. The van der Waals surface area contributed by atoms with Gasteiger partial charge in [0.1, 0.15) is 29.5 Å². The first kappa shape index (κ1) is 15.3. The minimum atomic E-state index is -1.11. The summed E-state index contributed by atoms with van der Waals surface area (Å²) in [5.41, 5.74) is 0.719. The van der Waals surface area contributed by atoms with Crippen LogP contribution >= 0.6 is 15.9 Å². The number of carbonyl (C=O) groups is 1. The van der Waals surface area contributed by atoms with Crippen LogP contribution in [-0.4, -0.2) is 18.2 Å². The predicted octanol–water partition coefficient (Wildman–Crippen LogP) is 3.87. The summed E-state index contributed by atoms with van der Waals surface area (Å²) < 4.78 is 24.1. The van der Waals surface area contributed by atoms with Crippen molar-refractivity contribution in [2.45, 2.75) is 6.61 Å². The monoisotopic (exact) mass is 354 g/mol. The molecule has 0 fully saturated rings. The average Bonchev–Trinajstić information content (AvgIpc) is 2.46. The van der Waals surface area contributed by atoms with Gasteiger partial charge < -0.3 is 14.6 Å². The van der Waals surface area contributed by atoms with E-state index >= 15 is 0 Å². The molecule has 4 nitrogen and oxygen atoms in total. The van der Waals surface area contributed by atoms with Gasteiger partial charge in [-0.15, -0.1) is 0 Å². The second kappa shape index (κ2) is 6.58. The van der Waals surface area contributed by atoms with Crippen molar-refractivity contribution in [2.75, 3.05) is 7.11 Å². The number of benzene rings is 2. The number of hydrogen-bond acceptors (Lipinski definition) is 3. The molecular formula is C15H12BrFO4. The van der Waals surface area contributed by atoms with Crippen LogP contribution < -0.4 is 9.47 Å². The minimum Gasteiger partial charge on any atom is -0.497 e. The minimum absolute atomic E-state index is 0.00702. The standard InChI is InChI=1S/C15H12BrFO4/c1-20-11-4-5-14(12(7-11)15(18)19)21-8-9-2-3-10(17)6-13(9)16/h2-7H,8H2,1H3,(H,18,19). The van der Waals surface area contributed by atoms with E-state index < -0.39 is 5.97 Å². The SMILES string of the molecule is COc1ccc(OCc2ccc(F)cc2Br)c(C(=O)O)c1. The largest absolute Gasteiger partial charge is 0.497 e. The van der Waals surface area contributed by atoms with Crippen LogP contribution in [0.1, 0.15) is 15.9 Å². The average molecular weight is 355 g/mol.